The van der Waals surface area contributed by atoms with Gasteiger partial charge in [0.2, 0.25) is 0 Å². The van der Waals surface area contributed by atoms with Crippen molar-refractivity contribution in [3.05, 3.63) is 0 Å². The zero-order chi connectivity index (χ0) is 11.1. The number of nitrogens with zero attached hydrogens (tertiary/aromatic N) is 1. The van der Waals surface area contributed by atoms with Crippen molar-refractivity contribution in [1.29, 1.82) is 5.26 Å². The van der Waals surface area contributed by atoms with Gasteiger partial charge in [0.05, 0.1) is 25.9 Å². The summed E-state index contributed by atoms with van der Waals surface area (Å²) in [6, 6.07) is 2.30. The van der Waals surface area contributed by atoms with Gasteiger partial charge in [-0.3, -0.25) is 5.32 Å². The molecule has 0 saturated carbocycles. The Hall–Kier alpha value is -0.630. The van der Waals surface area contributed by atoms with E-state index in [-0.39, 0.29) is 6.04 Å². The first kappa shape index (κ1) is 12.4. The van der Waals surface area contributed by atoms with Crippen molar-refractivity contribution >= 4 is 0 Å². The first-order chi connectivity index (χ1) is 7.22. The Morgan fingerprint density at radius 1 is 1.60 bits per heavy atom. The van der Waals surface area contributed by atoms with Crippen molar-refractivity contribution in [3.63, 3.8) is 0 Å². The highest BCUT2D eigenvalue weighted by atomic mass is 16.5. The van der Waals surface area contributed by atoms with Crippen molar-refractivity contribution < 1.29 is 9.47 Å². The Bertz CT molecular complexity index is 207. The summed E-state index contributed by atoms with van der Waals surface area (Å²) < 4.78 is 10.8. The summed E-state index contributed by atoms with van der Waals surface area (Å²) in [4.78, 5) is 0. The smallest absolute Gasteiger partial charge is 0.119 e. The highest BCUT2D eigenvalue weighted by Gasteiger charge is 2.16. The molecule has 0 bridgehead atoms. The molecule has 1 rings (SSSR count). The second-order valence-corrected chi connectivity index (χ2v) is 4.27. The lowest BCUT2D eigenvalue weighted by Crippen LogP contribution is -2.37. The molecular formula is C11H20N2O2. The van der Waals surface area contributed by atoms with E-state index in [1.54, 1.807) is 0 Å². The number of hydrogen-bond acceptors (Lipinski definition) is 4. The van der Waals surface area contributed by atoms with Crippen molar-refractivity contribution in [2.75, 3.05) is 26.4 Å². The maximum atomic E-state index is 8.85. The Morgan fingerprint density at radius 3 is 2.93 bits per heavy atom. The molecule has 15 heavy (non-hydrogen) atoms. The minimum atomic E-state index is -0.202. The van der Waals surface area contributed by atoms with E-state index in [0.717, 1.165) is 19.6 Å². The number of nitriles is 1. The van der Waals surface area contributed by atoms with Gasteiger partial charge in [0.1, 0.15) is 6.04 Å². The minimum Gasteiger partial charge on any atom is -0.381 e. The fourth-order valence-corrected chi connectivity index (χ4v) is 1.59. The second kappa shape index (κ2) is 6.78. The summed E-state index contributed by atoms with van der Waals surface area (Å²) in [5, 5.41) is 12.0. The molecule has 2 atom stereocenters. The van der Waals surface area contributed by atoms with Gasteiger partial charge in [0, 0.05) is 18.6 Å². The third-order valence-corrected chi connectivity index (χ3v) is 2.35. The number of hydrogen-bond donors (Lipinski definition) is 1. The van der Waals surface area contributed by atoms with Crippen LogP contribution in [0.4, 0.5) is 0 Å². The van der Waals surface area contributed by atoms with Gasteiger partial charge in [-0.15, -0.1) is 0 Å². The fourth-order valence-electron chi connectivity index (χ4n) is 1.59. The monoisotopic (exact) mass is 212 g/mol. The van der Waals surface area contributed by atoms with Crippen LogP contribution in [-0.4, -0.2) is 38.5 Å². The summed E-state index contributed by atoms with van der Waals surface area (Å²) in [5.41, 5.74) is 0. The van der Waals surface area contributed by atoms with Crippen LogP contribution in [-0.2, 0) is 9.47 Å². The first-order valence-corrected chi connectivity index (χ1v) is 5.53. The van der Waals surface area contributed by atoms with E-state index in [9.17, 15) is 0 Å². The topological polar surface area (TPSA) is 54.3 Å². The van der Waals surface area contributed by atoms with Crippen molar-refractivity contribution in [1.82, 2.24) is 5.32 Å². The van der Waals surface area contributed by atoms with Crippen LogP contribution in [0.15, 0.2) is 0 Å². The molecule has 0 spiro atoms. The standard InChI is InChI=1S/C11H20N2O2/c1-9(2)13-11(5-12)8-15-7-10-3-4-14-6-10/h9-11,13H,3-4,6-8H2,1-2H3. The minimum absolute atomic E-state index is 0.202. The molecule has 4 nitrogen and oxygen atoms in total. The molecule has 1 fully saturated rings. The zero-order valence-corrected chi connectivity index (χ0v) is 9.53. The molecule has 0 aliphatic carbocycles. The molecule has 1 N–H and O–H groups in total. The molecular weight excluding hydrogens is 192 g/mol. The van der Waals surface area contributed by atoms with Crippen LogP contribution in [0.1, 0.15) is 20.3 Å². The average molecular weight is 212 g/mol. The third-order valence-electron chi connectivity index (χ3n) is 2.35. The van der Waals surface area contributed by atoms with Crippen molar-refractivity contribution in [3.8, 4) is 6.07 Å². The van der Waals surface area contributed by atoms with E-state index >= 15 is 0 Å². The molecule has 0 aromatic carbocycles. The van der Waals surface area contributed by atoms with Gasteiger partial charge in [-0.25, -0.2) is 0 Å². The molecule has 1 aliphatic heterocycles. The van der Waals surface area contributed by atoms with Gasteiger partial charge >= 0.3 is 0 Å². The summed E-state index contributed by atoms with van der Waals surface area (Å²) in [5.74, 6) is 0.517. The highest BCUT2D eigenvalue weighted by molar-refractivity contribution is 4.90. The van der Waals surface area contributed by atoms with Crippen LogP contribution in [0.2, 0.25) is 0 Å². The third kappa shape index (κ3) is 5.12. The highest BCUT2D eigenvalue weighted by Crippen LogP contribution is 2.12. The average Bonchev–Trinajstić information content (AvgIpc) is 2.68. The summed E-state index contributed by atoms with van der Waals surface area (Å²) in [6.07, 6.45) is 1.08. The molecule has 1 saturated heterocycles. The van der Waals surface area contributed by atoms with E-state index in [1.807, 2.05) is 13.8 Å². The summed E-state index contributed by atoms with van der Waals surface area (Å²) in [7, 11) is 0. The van der Waals surface area contributed by atoms with Crippen LogP contribution in [0.5, 0.6) is 0 Å². The van der Waals surface area contributed by atoms with Crippen molar-refractivity contribution in [2.24, 2.45) is 5.92 Å². The van der Waals surface area contributed by atoms with Crippen LogP contribution >= 0.6 is 0 Å². The molecule has 0 radical (unpaired) electrons. The molecule has 1 aliphatic rings. The second-order valence-electron chi connectivity index (χ2n) is 4.27. The van der Waals surface area contributed by atoms with Gasteiger partial charge in [0.15, 0.2) is 0 Å². The Morgan fingerprint density at radius 2 is 2.40 bits per heavy atom. The van der Waals surface area contributed by atoms with Gasteiger partial charge in [0.25, 0.3) is 0 Å². The maximum absolute atomic E-state index is 8.85. The number of ether oxygens (including phenoxy) is 2. The van der Waals surface area contributed by atoms with E-state index in [4.69, 9.17) is 14.7 Å². The Labute approximate surface area is 91.6 Å². The summed E-state index contributed by atoms with van der Waals surface area (Å²) >= 11 is 0. The van der Waals surface area contributed by atoms with Crippen LogP contribution in [0.25, 0.3) is 0 Å². The van der Waals surface area contributed by atoms with E-state index in [2.05, 4.69) is 11.4 Å². The van der Waals surface area contributed by atoms with Crippen LogP contribution in [0.3, 0.4) is 0 Å². The van der Waals surface area contributed by atoms with Gasteiger partial charge in [-0.05, 0) is 20.3 Å². The largest absolute Gasteiger partial charge is 0.381 e. The molecule has 86 valence electrons. The molecule has 0 aromatic heterocycles. The Balaban J connectivity index is 2.08. The quantitative estimate of drug-likeness (QED) is 0.711. The lowest BCUT2D eigenvalue weighted by molar-refractivity contribution is 0.0815. The molecule has 4 heteroatoms. The molecule has 0 amide bonds. The van der Waals surface area contributed by atoms with E-state index in [0.29, 0.717) is 25.2 Å². The fraction of sp³-hybridized carbons (Fsp3) is 0.909. The lowest BCUT2D eigenvalue weighted by atomic mass is 10.1. The zero-order valence-electron chi connectivity index (χ0n) is 9.53. The maximum Gasteiger partial charge on any atom is 0.119 e. The SMILES string of the molecule is CC(C)NC(C#N)COCC1CCOC1. The van der Waals surface area contributed by atoms with Gasteiger partial charge < -0.3 is 9.47 Å². The molecule has 1 heterocycles. The normalized spacial score (nSPS) is 22.9. The molecule has 0 aromatic rings. The van der Waals surface area contributed by atoms with E-state index < -0.39 is 0 Å². The predicted molar refractivity (Wildman–Crippen MR) is 57.4 cm³/mol. The van der Waals surface area contributed by atoms with Crippen LogP contribution < -0.4 is 5.32 Å². The van der Waals surface area contributed by atoms with E-state index in [1.165, 1.54) is 0 Å². The predicted octanol–water partition coefficient (Wildman–Crippen LogP) is 0.930. The van der Waals surface area contributed by atoms with Gasteiger partial charge in [-0.1, -0.05) is 0 Å². The number of rotatable bonds is 6. The Kier molecular flexibility index (Phi) is 5.62. The molecule has 2 unspecified atom stereocenters. The lowest BCUT2D eigenvalue weighted by Gasteiger charge is -2.15. The first-order valence-electron chi connectivity index (χ1n) is 5.53. The summed E-state index contributed by atoms with van der Waals surface area (Å²) in [6.45, 7) is 6.86. The number of nitrogens with one attached hydrogen (secondary N) is 1. The van der Waals surface area contributed by atoms with Gasteiger partial charge in [-0.2, -0.15) is 5.26 Å². The van der Waals surface area contributed by atoms with Crippen molar-refractivity contribution in [2.45, 2.75) is 32.4 Å². The van der Waals surface area contributed by atoms with Crippen LogP contribution in [0, 0.1) is 17.2 Å².